The second kappa shape index (κ2) is 4.46. The van der Waals surface area contributed by atoms with E-state index in [1.807, 2.05) is 0 Å². The molecule has 2 aromatic heterocycles. The van der Waals surface area contributed by atoms with E-state index in [4.69, 9.17) is 5.11 Å². The number of aromatic nitrogens is 2. The molecule has 0 saturated heterocycles. The van der Waals surface area contributed by atoms with Crippen molar-refractivity contribution in [1.29, 1.82) is 0 Å². The van der Waals surface area contributed by atoms with Crippen LogP contribution in [-0.4, -0.2) is 35.7 Å². The van der Waals surface area contributed by atoms with Crippen LogP contribution in [0.3, 0.4) is 0 Å². The molecule has 0 aliphatic heterocycles. The topological polar surface area (TPSA) is 97.2 Å². The lowest BCUT2D eigenvalue weighted by atomic mass is 10.4. The largest absolute Gasteiger partial charge is 0.478 e. The molecule has 0 aromatic carbocycles. The zero-order valence-electron chi connectivity index (χ0n) is 9.19. The molecular formula is C10H8N2O4S2. The maximum absolute atomic E-state index is 11.5. The van der Waals surface area contributed by atoms with Crippen molar-refractivity contribution in [3.63, 3.8) is 0 Å². The summed E-state index contributed by atoms with van der Waals surface area (Å²) in [4.78, 5) is 18.7. The average Bonchev–Trinajstić information content (AvgIpc) is 2.66. The van der Waals surface area contributed by atoms with E-state index in [1.54, 1.807) is 6.07 Å². The van der Waals surface area contributed by atoms with Crippen molar-refractivity contribution in [3.8, 4) is 0 Å². The Morgan fingerprint density at radius 2 is 2.17 bits per heavy atom. The number of aliphatic carboxylic acids is 1. The van der Waals surface area contributed by atoms with Crippen LogP contribution in [0.1, 0.15) is 4.88 Å². The first-order chi connectivity index (χ1) is 8.38. The summed E-state index contributed by atoms with van der Waals surface area (Å²) in [6, 6.07) is 1.62. The molecule has 0 atom stereocenters. The van der Waals surface area contributed by atoms with Gasteiger partial charge in [0.1, 0.15) is 6.33 Å². The van der Waals surface area contributed by atoms with Gasteiger partial charge in [-0.25, -0.2) is 23.2 Å². The van der Waals surface area contributed by atoms with E-state index >= 15 is 0 Å². The van der Waals surface area contributed by atoms with Gasteiger partial charge in [-0.2, -0.15) is 0 Å². The molecule has 8 heteroatoms. The Bertz CT molecular complexity index is 746. The molecule has 6 nitrogen and oxygen atoms in total. The minimum Gasteiger partial charge on any atom is -0.478 e. The molecule has 18 heavy (non-hydrogen) atoms. The van der Waals surface area contributed by atoms with Crippen molar-refractivity contribution >= 4 is 43.4 Å². The lowest BCUT2D eigenvalue weighted by Gasteiger charge is -1.96. The smallest absolute Gasteiger partial charge is 0.328 e. The van der Waals surface area contributed by atoms with Crippen LogP contribution >= 0.6 is 11.3 Å². The van der Waals surface area contributed by atoms with Crippen molar-refractivity contribution in [3.05, 3.63) is 23.3 Å². The normalized spacial score (nSPS) is 12.3. The maximum atomic E-state index is 11.5. The summed E-state index contributed by atoms with van der Waals surface area (Å²) >= 11 is 1.14. The van der Waals surface area contributed by atoms with Gasteiger partial charge in [-0.15, -0.1) is 11.3 Å². The van der Waals surface area contributed by atoms with Gasteiger partial charge < -0.3 is 5.11 Å². The number of thiophene rings is 1. The summed E-state index contributed by atoms with van der Waals surface area (Å²) in [6.07, 6.45) is 4.62. The minimum atomic E-state index is -3.43. The average molecular weight is 284 g/mol. The van der Waals surface area contributed by atoms with Crippen LogP contribution in [0.5, 0.6) is 0 Å². The monoisotopic (exact) mass is 284 g/mol. The minimum absolute atomic E-state index is 0.0347. The third kappa shape index (κ3) is 2.54. The fourth-order valence-electron chi connectivity index (χ4n) is 1.35. The number of fused-ring (bicyclic) bond motifs is 1. The Labute approximate surface area is 107 Å². The summed E-state index contributed by atoms with van der Waals surface area (Å²) in [7, 11) is -3.43. The van der Waals surface area contributed by atoms with Crippen molar-refractivity contribution in [1.82, 2.24) is 9.97 Å². The molecule has 2 heterocycles. The zero-order chi connectivity index (χ0) is 13.3. The fraction of sp³-hybridized carbons (Fsp3) is 0.100. The van der Waals surface area contributed by atoms with E-state index < -0.39 is 15.8 Å². The second-order valence-electron chi connectivity index (χ2n) is 3.49. The number of rotatable bonds is 3. The summed E-state index contributed by atoms with van der Waals surface area (Å²) in [5.74, 6) is -1.07. The Balaban J connectivity index is 2.62. The molecule has 0 bridgehead atoms. The number of carboxylic acid groups (broad SMARTS) is 1. The van der Waals surface area contributed by atoms with E-state index in [0.717, 1.165) is 23.7 Å². The van der Waals surface area contributed by atoms with Crippen LogP contribution in [0, 0.1) is 0 Å². The van der Waals surface area contributed by atoms with E-state index in [1.165, 1.54) is 12.4 Å². The number of hydrogen-bond donors (Lipinski definition) is 1. The highest BCUT2D eigenvalue weighted by atomic mass is 32.2. The summed E-state index contributed by atoms with van der Waals surface area (Å²) in [5.41, 5.74) is 0.487. The standard InChI is InChI=1S/C10H8N2O4S2/c1-18(15,16)10-9-7(11-5-12-10)4-6(17-9)2-3-8(13)14/h2-5H,1H3,(H,13,14)/b3-2+. The van der Waals surface area contributed by atoms with Crippen LogP contribution in [0.25, 0.3) is 16.3 Å². The van der Waals surface area contributed by atoms with E-state index in [2.05, 4.69) is 9.97 Å². The van der Waals surface area contributed by atoms with E-state index in [9.17, 15) is 13.2 Å². The van der Waals surface area contributed by atoms with Gasteiger partial charge in [0, 0.05) is 17.2 Å². The van der Waals surface area contributed by atoms with E-state index in [0.29, 0.717) is 15.1 Å². The summed E-state index contributed by atoms with van der Waals surface area (Å²) < 4.78 is 23.5. The van der Waals surface area contributed by atoms with Crippen LogP contribution in [-0.2, 0) is 14.6 Å². The molecule has 0 unspecified atom stereocenters. The molecule has 2 aromatic rings. The van der Waals surface area contributed by atoms with Gasteiger partial charge in [-0.1, -0.05) is 0 Å². The molecule has 0 saturated carbocycles. The van der Waals surface area contributed by atoms with Crippen LogP contribution < -0.4 is 0 Å². The van der Waals surface area contributed by atoms with Crippen LogP contribution in [0.4, 0.5) is 0 Å². The number of carbonyl (C=O) groups is 1. The lowest BCUT2D eigenvalue weighted by molar-refractivity contribution is -0.131. The molecule has 0 radical (unpaired) electrons. The lowest BCUT2D eigenvalue weighted by Crippen LogP contribution is -2.00. The highest BCUT2D eigenvalue weighted by Gasteiger charge is 2.16. The number of carboxylic acids is 1. The van der Waals surface area contributed by atoms with Gasteiger partial charge in [-0.05, 0) is 12.1 Å². The van der Waals surface area contributed by atoms with Gasteiger partial charge in [0.25, 0.3) is 0 Å². The van der Waals surface area contributed by atoms with Gasteiger partial charge in [0.15, 0.2) is 14.9 Å². The van der Waals surface area contributed by atoms with Gasteiger partial charge in [-0.3, -0.25) is 0 Å². The predicted molar refractivity (Wildman–Crippen MR) is 67.2 cm³/mol. The third-order valence-electron chi connectivity index (χ3n) is 2.04. The molecule has 1 N–H and O–H groups in total. The van der Waals surface area contributed by atoms with E-state index in [-0.39, 0.29) is 5.03 Å². The van der Waals surface area contributed by atoms with Crippen molar-refractivity contribution in [2.24, 2.45) is 0 Å². The first-order valence-electron chi connectivity index (χ1n) is 4.73. The Morgan fingerprint density at radius 3 is 2.78 bits per heavy atom. The number of sulfone groups is 1. The SMILES string of the molecule is CS(=O)(=O)c1ncnc2cc(/C=C/C(=O)O)sc12. The summed E-state index contributed by atoms with van der Waals surface area (Å²) in [6.45, 7) is 0. The Hall–Kier alpha value is -1.80. The second-order valence-corrected chi connectivity index (χ2v) is 6.50. The first kappa shape index (κ1) is 12.7. The predicted octanol–water partition coefficient (Wildman–Crippen LogP) is 1.19. The van der Waals surface area contributed by atoms with Gasteiger partial charge in [0.05, 0.1) is 10.2 Å². The molecular weight excluding hydrogens is 276 g/mol. The summed E-state index contributed by atoms with van der Waals surface area (Å²) in [5, 5.41) is 8.49. The molecule has 0 amide bonds. The van der Waals surface area contributed by atoms with Gasteiger partial charge >= 0.3 is 5.97 Å². The molecule has 0 aliphatic carbocycles. The Kier molecular flexibility index (Phi) is 3.14. The van der Waals surface area contributed by atoms with Crippen LogP contribution in [0.2, 0.25) is 0 Å². The maximum Gasteiger partial charge on any atom is 0.328 e. The third-order valence-corrected chi connectivity index (χ3v) is 4.28. The highest BCUT2D eigenvalue weighted by molar-refractivity contribution is 7.91. The van der Waals surface area contributed by atoms with Crippen molar-refractivity contribution in [2.45, 2.75) is 5.03 Å². The zero-order valence-corrected chi connectivity index (χ0v) is 10.8. The quantitative estimate of drug-likeness (QED) is 0.671. The van der Waals surface area contributed by atoms with Crippen LogP contribution in [0.15, 0.2) is 23.5 Å². The molecule has 0 aliphatic rings. The molecule has 0 fully saturated rings. The van der Waals surface area contributed by atoms with Gasteiger partial charge in [0.2, 0.25) is 0 Å². The number of nitrogens with zero attached hydrogens (tertiary/aromatic N) is 2. The fourth-order valence-corrected chi connectivity index (χ4v) is 3.51. The molecule has 0 spiro atoms. The Morgan fingerprint density at radius 1 is 1.44 bits per heavy atom. The van der Waals surface area contributed by atoms with Crippen molar-refractivity contribution < 1.29 is 18.3 Å². The first-order valence-corrected chi connectivity index (χ1v) is 7.44. The van der Waals surface area contributed by atoms with Crippen molar-refractivity contribution in [2.75, 3.05) is 6.26 Å². The highest BCUT2D eigenvalue weighted by Crippen LogP contribution is 2.29. The molecule has 94 valence electrons. The molecule has 2 rings (SSSR count). The number of hydrogen-bond acceptors (Lipinski definition) is 6.